The molecule has 1 saturated heterocycles. The first-order chi connectivity index (χ1) is 8.92. The van der Waals surface area contributed by atoms with Crippen molar-refractivity contribution in [2.45, 2.75) is 33.8 Å². The van der Waals surface area contributed by atoms with Crippen LogP contribution in [0.25, 0.3) is 0 Å². The van der Waals surface area contributed by atoms with Crippen LogP contribution in [0.5, 0.6) is 0 Å². The summed E-state index contributed by atoms with van der Waals surface area (Å²) in [6, 6.07) is 0. The van der Waals surface area contributed by atoms with E-state index in [1.165, 1.54) is 12.5 Å². The zero-order valence-corrected chi connectivity index (χ0v) is 13.7. The first-order valence-electron chi connectivity index (χ1n) is 6.91. The number of carbonyl (C=O) groups is 1. The Morgan fingerprint density at radius 3 is 2.84 bits per heavy atom. The molecule has 0 radical (unpaired) electrons. The third kappa shape index (κ3) is 2.49. The van der Waals surface area contributed by atoms with Gasteiger partial charge in [-0.15, -0.1) is 0 Å². The second-order valence-corrected chi connectivity index (χ2v) is 6.68. The lowest BCUT2D eigenvalue weighted by atomic mass is 9.56. The summed E-state index contributed by atoms with van der Waals surface area (Å²) >= 11 is 3.55. The lowest BCUT2D eigenvalue weighted by molar-refractivity contribution is -0.174. The van der Waals surface area contributed by atoms with Crippen molar-refractivity contribution in [3.8, 4) is 0 Å². The van der Waals surface area contributed by atoms with Crippen molar-refractivity contribution < 1.29 is 14.3 Å². The molecule has 0 spiro atoms. The van der Waals surface area contributed by atoms with Crippen LogP contribution in [0.3, 0.4) is 0 Å². The molecule has 2 aliphatic rings. The predicted molar refractivity (Wildman–Crippen MR) is 78.2 cm³/mol. The molecule has 0 N–H and O–H groups in total. The van der Waals surface area contributed by atoms with E-state index in [-0.39, 0.29) is 17.5 Å². The largest absolute Gasteiger partial charge is 0.465 e. The van der Waals surface area contributed by atoms with E-state index < -0.39 is 0 Å². The highest BCUT2D eigenvalue weighted by molar-refractivity contribution is 9.09. The average Bonchev–Trinajstić information content (AvgIpc) is 2.34. The number of allylic oxidation sites excluding steroid dienone is 1. The van der Waals surface area contributed by atoms with Crippen molar-refractivity contribution in [2.24, 2.45) is 23.2 Å². The molecule has 1 fully saturated rings. The van der Waals surface area contributed by atoms with Crippen LogP contribution in [0.2, 0.25) is 0 Å². The highest BCUT2D eigenvalue weighted by Gasteiger charge is 2.53. The van der Waals surface area contributed by atoms with E-state index in [2.05, 4.69) is 42.8 Å². The van der Waals surface area contributed by atoms with Crippen LogP contribution in [0, 0.1) is 23.2 Å². The number of rotatable bonds is 3. The summed E-state index contributed by atoms with van der Waals surface area (Å²) in [5, 5.41) is 0.852. The Labute approximate surface area is 123 Å². The van der Waals surface area contributed by atoms with Crippen LogP contribution in [0.1, 0.15) is 27.7 Å². The third-order valence-electron chi connectivity index (χ3n) is 5.05. The van der Waals surface area contributed by atoms with Crippen molar-refractivity contribution in [1.82, 2.24) is 0 Å². The fourth-order valence-corrected chi connectivity index (χ4v) is 4.35. The molecule has 0 aromatic carbocycles. The van der Waals surface area contributed by atoms with E-state index >= 15 is 0 Å². The van der Waals surface area contributed by atoms with Crippen molar-refractivity contribution >= 4 is 21.9 Å². The summed E-state index contributed by atoms with van der Waals surface area (Å²) < 4.78 is 11.4. The molecule has 2 bridgehead atoms. The van der Waals surface area contributed by atoms with Crippen molar-refractivity contribution in [1.29, 1.82) is 0 Å². The molecule has 4 heteroatoms. The minimum absolute atomic E-state index is 0.0749. The van der Waals surface area contributed by atoms with Gasteiger partial charge in [0.1, 0.15) is 0 Å². The number of alkyl halides is 1. The first-order valence-corrected chi connectivity index (χ1v) is 8.03. The maximum atomic E-state index is 11.2. The van der Waals surface area contributed by atoms with Crippen LogP contribution < -0.4 is 0 Å². The van der Waals surface area contributed by atoms with Crippen LogP contribution in [-0.2, 0) is 14.3 Å². The quantitative estimate of drug-likeness (QED) is 0.453. The number of esters is 1. The summed E-state index contributed by atoms with van der Waals surface area (Å²) in [5.41, 5.74) is 1.33. The molecule has 108 valence electrons. The van der Waals surface area contributed by atoms with E-state index in [1.807, 2.05) is 0 Å². The Hall–Kier alpha value is -0.350. The van der Waals surface area contributed by atoms with E-state index in [9.17, 15) is 4.79 Å². The molecule has 2 rings (SSSR count). The Kier molecular flexibility index (Phi) is 4.41. The van der Waals surface area contributed by atoms with Crippen LogP contribution >= 0.6 is 15.9 Å². The number of fused-ring (bicyclic) bond motifs is 2. The molecule has 1 aliphatic heterocycles. The highest BCUT2D eigenvalue weighted by Crippen LogP contribution is 2.52. The molecule has 1 aliphatic carbocycles. The molecule has 0 unspecified atom stereocenters. The summed E-state index contributed by atoms with van der Waals surface area (Å²) in [4.78, 5) is 11.2. The SMILES string of the molecule is CC(=O)OC[C@]12CO[C@@H](CBr)[C@@H](C(C)=C[C@@H]1C)[C@H]2C. The van der Waals surface area contributed by atoms with Gasteiger partial charge in [0.05, 0.1) is 19.3 Å². The summed E-state index contributed by atoms with van der Waals surface area (Å²) in [7, 11) is 0. The molecule has 0 saturated carbocycles. The Balaban J connectivity index is 2.31. The number of halogens is 1. The topological polar surface area (TPSA) is 35.5 Å². The second kappa shape index (κ2) is 5.57. The van der Waals surface area contributed by atoms with Gasteiger partial charge in [-0.1, -0.05) is 41.4 Å². The number of hydrogen-bond acceptors (Lipinski definition) is 3. The van der Waals surface area contributed by atoms with Gasteiger partial charge in [-0.25, -0.2) is 0 Å². The zero-order chi connectivity index (χ0) is 14.2. The molecule has 0 amide bonds. The van der Waals surface area contributed by atoms with Gasteiger partial charge in [0.2, 0.25) is 0 Å². The lowest BCUT2D eigenvalue weighted by Crippen LogP contribution is -2.57. The standard InChI is InChI=1S/C15H23BrO3/c1-9-5-10(2)15(7-18-12(4)17)8-19-13(6-16)14(9)11(15)3/h5,10-11,13-14H,6-8H2,1-4H3/t10-,11+,13-,14-,15-/m0/s1. The van der Waals surface area contributed by atoms with Gasteiger partial charge in [0, 0.05) is 23.6 Å². The van der Waals surface area contributed by atoms with Gasteiger partial charge in [-0.2, -0.15) is 0 Å². The zero-order valence-electron chi connectivity index (χ0n) is 12.1. The minimum Gasteiger partial charge on any atom is -0.465 e. The monoisotopic (exact) mass is 330 g/mol. The molecular formula is C15H23BrO3. The van der Waals surface area contributed by atoms with Gasteiger partial charge in [-0.3, -0.25) is 4.79 Å². The summed E-state index contributed by atoms with van der Waals surface area (Å²) in [6.45, 7) is 9.27. The highest BCUT2D eigenvalue weighted by atomic mass is 79.9. The number of ether oxygens (including phenoxy) is 2. The van der Waals surface area contributed by atoms with Crippen molar-refractivity contribution in [3.05, 3.63) is 11.6 Å². The normalized spacial score (nSPS) is 41.6. The number of carbonyl (C=O) groups excluding carboxylic acids is 1. The van der Waals surface area contributed by atoms with Crippen molar-refractivity contribution in [3.63, 3.8) is 0 Å². The van der Waals surface area contributed by atoms with Gasteiger partial charge in [0.25, 0.3) is 0 Å². The summed E-state index contributed by atoms with van der Waals surface area (Å²) in [6.07, 6.45) is 2.57. The second-order valence-electron chi connectivity index (χ2n) is 6.03. The maximum absolute atomic E-state index is 11.2. The Bertz CT molecular complexity index is 393. The predicted octanol–water partition coefficient (Wildman–Crippen LogP) is 3.18. The minimum atomic E-state index is -0.209. The van der Waals surface area contributed by atoms with E-state index in [0.29, 0.717) is 31.0 Å². The molecule has 5 atom stereocenters. The first kappa shape index (κ1) is 15.0. The third-order valence-corrected chi connectivity index (χ3v) is 5.69. The van der Waals surface area contributed by atoms with Gasteiger partial charge < -0.3 is 9.47 Å². The van der Waals surface area contributed by atoms with Gasteiger partial charge in [-0.05, 0) is 18.8 Å². The molecule has 3 nitrogen and oxygen atoms in total. The molecule has 1 heterocycles. The Morgan fingerprint density at radius 2 is 2.26 bits per heavy atom. The maximum Gasteiger partial charge on any atom is 0.302 e. The van der Waals surface area contributed by atoms with Gasteiger partial charge >= 0.3 is 5.97 Å². The van der Waals surface area contributed by atoms with Crippen LogP contribution in [0.4, 0.5) is 0 Å². The lowest BCUT2D eigenvalue weighted by Gasteiger charge is -2.55. The van der Waals surface area contributed by atoms with Crippen LogP contribution in [0.15, 0.2) is 11.6 Å². The molecule has 19 heavy (non-hydrogen) atoms. The van der Waals surface area contributed by atoms with E-state index in [4.69, 9.17) is 9.47 Å². The molecule has 0 aromatic rings. The average molecular weight is 331 g/mol. The number of hydrogen-bond donors (Lipinski definition) is 0. The van der Waals surface area contributed by atoms with E-state index in [0.717, 1.165) is 5.33 Å². The van der Waals surface area contributed by atoms with Gasteiger partial charge in [0.15, 0.2) is 0 Å². The molecular weight excluding hydrogens is 308 g/mol. The summed E-state index contributed by atoms with van der Waals surface area (Å²) in [5.74, 6) is 1.04. The Morgan fingerprint density at radius 1 is 1.58 bits per heavy atom. The fraction of sp³-hybridized carbons (Fsp3) is 0.800. The van der Waals surface area contributed by atoms with Crippen molar-refractivity contribution in [2.75, 3.05) is 18.5 Å². The fourth-order valence-electron chi connectivity index (χ4n) is 3.76. The van der Waals surface area contributed by atoms with Crippen LogP contribution in [-0.4, -0.2) is 30.6 Å². The smallest absolute Gasteiger partial charge is 0.302 e. The van der Waals surface area contributed by atoms with E-state index in [1.54, 1.807) is 0 Å². The molecule has 0 aromatic heterocycles.